The molecule has 6 heteroatoms. The van der Waals surface area contributed by atoms with Crippen molar-refractivity contribution < 1.29 is 14.3 Å². The van der Waals surface area contributed by atoms with Crippen LogP contribution in [-0.2, 0) is 9.53 Å². The van der Waals surface area contributed by atoms with Crippen molar-refractivity contribution in [1.82, 2.24) is 5.32 Å². The first kappa shape index (κ1) is 15.3. The van der Waals surface area contributed by atoms with Crippen LogP contribution in [0.1, 0.15) is 26.2 Å². The third-order valence-electron chi connectivity index (χ3n) is 3.26. The number of urea groups is 1. The standard InChI is InChI=1S/C15H21N3O3/c1-2-14(19)17-11-5-7-12(8-6-11)18-15(20)16-10-13-4-3-9-21-13/h5-8,13H,2-4,9-10H2,1H3,(H,17,19)(H2,16,18,20). The maximum Gasteiger partial charge on any atom is 0.319 e. The maximum atomic E-state index is 11.7. The molecule has 1 aromatic carbocycles. The molecule has 0 aliphatic carbocycles. The highest BCUT2D eigenvalue weighted by atomic mass is 16.5. The summed E-state index contributed by atoms with van der Waals surface area (Å²) in [5, 5.41) is 8.28. The Morgan fingerprint density at radius 2 is 1.86 bits per heavy atom. The van der Waals surface area contributed by atoms with Crippen molar-refractivity contribution in [2.45, 2.75) is 32.3 Å². The molecule has 2 rings (SSSR count). The van der Waals surface area contributed by atoms with Crippen molar-refractivity contribution >= 4 is 23.3 Å². The van der Waals surface area contributed by atoms with Gasteiger partial charge in [0.05, 0.1) is 6.10 Å². The van der Waals surface area contributed by atoms with Crippen LogP contribution in [0.2, 0.25) is 0 Å². The highest BCUT2D eigenvalue weighted by Gasteiger charge is 2.15. The number of rotatable bonds is 5. The van der Waals surface area contributed by atoms with E-state index in [0.29, 0.717) is 24.3 Å². The maximum absolute atomic E-state index is 11.7. The van der Waals surface area contributed by atoms with Crippen LogP contribution in [0.25, 0.3) is 0 Å². The first-order valence-corrected chi connectivity index (χ1v) is 7.23. The quantitative estimate of drug-likeness (QED) is 0.779. The summed E-state index contributed by atoms with van der Waals surface area (Å²) in [5.74, 6) is -0.0370. The van der Waals surface area contributed by atoms with Crippen molar-refractivity contribution in [1.29, 1.82) is 0 Å². The fourth-order valence-electron chi connectivity index (χ4n) is 2.07. The zero-order valence-corrected chi connectivity index (χ0v) is 12.1. The molecule has 3 amide bonds. The van der Waals surface area contributed by atoms with E-state index in [1.54, 1.807) is 31.2 Å². The number of hydrogen-bond acceptors (Lipinski definition) is 3. The van der Waals surface area contributed by atoms with Crippen LogP contribution in [0, 0.1) is 0 Å². The Kier molecular flexibility index (Phi) is 5.57. The highest BCUT2D eigenvalue weighted by Crippen LogP contribution is 2.14. The lowest BCUT2D eigenvalue weighted by Gasteiger charge is -2.12. The van der Waals surface area contributed by atoms with Crippen molar-refractivity contribution in [3.8, 4) is 0 Å². The number of nitrogens with one attached hydrogen (secondary N) is 3. The molecule has 6 nitrogen and oxygen atoms in total. The zero-order valence-electron chi connectivity index (χ0n) is 12.1. The molecule has 1 heterocycles. The third kappa shape index (κ3) is 5.07. The molecule has 0 aromatic heterocycles. The van der Waals surface area contributed by atoms with E-state index in [4.69, 9.17) is 4.74 Å². The van der Waals surface area contributed by atoms with Gasteiger partial charge in [-0.1, -0.05) is 6.92 Å². The predicted octanol–water partition coefficient (Wildman–Crippen LogP) is 2.34. The molecule has 21 heavy (non-hydrogen) atoms. The molecule has 0 spiro atoms. The molecule has 1 aromatic rings. The van der Waals surface area contributed by atoms with Gasteiger partial charge in [0.15, 0.2) is 0 Å². The summed E-state index contributed by atoms with van der Waals surface area (Å²) in [6, 6.07) is 6.75. The Bertz CT molecular complexity index is 481. The van der Waals surface area contributed by atoms with Gasteiger partial charge in [0.2, 0.25) is 5.91 Å². The molecule has 0 radical (unpaired) electrons. The molecule has 1 saturated heterocycles. The van der Waals surface area contributed by atoms with Gasteiger partial charge < -0.3 is 20.7 Å². The lowest BCUT2D eigenvalue weighted by atomic mass is 10.2. The van der Waals surface area contributed by atoms with E-state index in [9.17, 15) is 9.59 Å². The van der Waals surface area contributed by atoms with Gasteiger partial charge in [0, 0.05) is 30.9 Å². The van der Waals surface area contributed by atoms with E-state index in [-0.39, 0.29) is 18.0 Å². The summed E-state index contributed by atoms with van der Waals surface area (Å²) in [5.41, 5.74) is 1.39. The van der Waals surface area contributed by atoms with Crippen LogP contribution in [0.3, 0.4) is 0 Å². The second-order valence-electron chi connectivity index (χ2n) is 4.95. The molecule has 0 saturated carbocycles. The SMILES string of the molecule is CCC(=O)Nc1ccc(NC(=O)NCC2CCCO2)cc1. The van der Waals surface area contributed by atoms with Crippen LogP contribution in [0.4, 0.5) is 16.2 Å². The first-order chi connectivity index (χ1) is 10.2. The number of hydrogen-bond donors (Lipinski definition) is 3. The Morgan fingerprint density at radius 1 is 1.19 bits per heavy atom. The second-order valence-corrected chi connectivity index (χ2v) is 4.95. The van der Waals surface area contributed by atoms with E-state index < -0.39 is 0 Å². The third-order valence-corrected chi connectivity index (χ3v) is 3.26. The summed E-state index contributed by atoms with van der Waals surface area (Å²) >= 11 is 0. The number of anilines is 2. The Balaban J connectivity index is 1.76. The van der Waals surface area contributed by atoms with Crippen molar-refractivity contribution in [2.24, 2.45) is 0 Å². The minimum Gasteiger partial charge on any atom is -0.376 e. The van der Waals surface area contributed by atoms with Crippen LogP contribution in [-0.4, -0.2) is 31.2 Å². The Hall–Kier alpha value is -2.08. The van der Waals surface area contributed by atoms with Gasteiger partial charge in [0.25, 0.3) is 0 Å². The zero-order chi connectivity index (χ0) is 15.1. The lowest BCUT2D eigenvalue weighted by Crippen LogP contribution is -2.35. The molecule has 1 unspecified atom stereocenters. The smallest absolute Gasteiger partial charge is 0.319 e. The molecule has 3 N–H and O–H groups in total. The van der Waals surface area contributed by atoms with Gasteiger partial charge in [-0.05, 0) is 37.1 Å². The van der Waals surface area contributed by atoms with Gasteiger partial charge in [-0.2, -0.15) is 0 Å². The number of benzene rings is 1. The molecule has 1 aliphatic rings. The van der Waals surface area contributed by atoms with E-state index in [1.807, 2.05) is 0 Å². The lowest BCUT2D eigenvalue weighted by molar-refractivity contribution is -0.115. The fourth-order valence-corrected chi connectivity index (χ4v) is 2.07. The number of ether oxygens (including phenoxy) is 1. The Labute approximate surface area is 124 Å². The van der Waals surface area contributed by atoms with E-state index in [2.05, 4.69) is 16.0 Å². The highest BCUT2D eigenvalue weighted by molar-refractivity contribution is 5.92. The van der Waals surface area contributed by atoms with Crippen LogP contribution >= 0.6 is 0 Å². The van der Waals surface area contributed by atoms with Gasteiger partial charge in [0.1, 0.15) is 0 Å². The summed E-state index contributed by atoms with van der Waals surface area (Å²) in [6.45, 7) is 3.10. The largest absolute Gasteiger partial charge is 0.376 e. The van der Waals surface area contributed by atoms with E-state index in [0.717, 1.165) is 19.4 Å². The average molecular weight is 291 g/mol. The van der Waals surface area contributed by atoms with Crippen molar-refractivity contribution in [3.63, 3.8) is 0 Å². The van der Waals surface area contributed by atoms with Crippen LogP contribution in [0.5, 0.6) is 0 Å². The van der Waals surface area contributed by atoms with Crippen LogP contribution in [0.15, 0.2) is 24.3 Å². The fraction of sp³-hybridized carbons (Fsp3) is 0.467. The first-order valence-electron chi connectivity index (χ1n) is 7.23. The minimum atomic E-state index is -0.254. The van der Waals surface area contributed by atoms with Crippen molar-refractivity contribution in [2.75, 3.05) is 23.8 Å². The normalized spacial score (nSPS) is 17.3. The number of carbonyl (C=O) groups is 2. The summed E-state index contributed by atoms with van der Waals surface area (Å²) in [7, 11) is 0. The molecule has 1 aliphatic heterocycles. The molecule has 0 bridgehead atoms. The van der Waals surface area contributed by atoms with Gasteiger partial charge in [-0.15, -0.1) is 0 Å². The van der Waals surface area contributed by atoms with Gasteiger partial charge in [-0.25, -0.2) is 4.79 Å². The minimum absolute atomic E-state index is 0.0370. The molecular formula is C15H21N3O3. The van der Waals surface area contributed by atoms with Crippen molar-refractivity contribution in [3.05, 3.63) is 24.3 Å². The Morgan fingerprint density at radius 3 is 2.43 bits per heavy atom. The topological polar surface area (TPSA) is 79.5 Å². The van der Waals surface area contributed by atoms with Gasteiger partial charge in [-0.3, -0.25) is 4.79 Å². The second kappa shape index (κ2) is 7.64. The molecule has 1 fully saturated rings. The van der Waals surface area contributed by atoms with E-state index in [1.165, 1.54) is 0 Å². The summed E-state index contributed by atoms with van der Waals surface area (Å²) in [4.78, 5) is 23.0. The summed E-state index contributed by atoms with van der Waals surface area (Å²) in [6.07, 6.45) is 2.61. The summed E-state index contributed by atoms with van der Waals surface area (Å²) < 4.78 is 5.43. The molecule has 1 atom stereocenters. The van der Waals surface area contributed by atoms with E-state index >= 15 is 0 Å². The van der Waals surface area contributed by atoms with Crippen LogP contribution < -0.4 is 16.0 Å². The molecule has 114 valence electrons. The number of amides is 3. The van der Waals surface area contributed by atoms with Gasteiger partial charge >= 0.3 is 6.03 Å². The predicted molar refractivity (Wildman–Crippen MR) is 81.4 cm³/mol. The molecular weight excluding hydrogens is 270 g/mol. The average Bonchev–Trinajstić information content (AvgIpc) is 3.00. The number of carbonyl (C=O) groups excluding carboxylic acids is 2. The monoisotopic (exact) mass is 291 g/mol.